The van der Waals surface area contributed by atoms with Gasteiger partial charge in [0.05, 0.1) is 42.0 Å². The summed E-state index contributed by atoms with van der Waals surface area (Å²) in [5.74, 6) is 0. The quantitative estimate of drug-likeness (QED) is 0.544. The van der Waals surface area contributed by atoms with Crippen molar-refractivity contribution in [2.45, 2.75) is 6.54 Å². The molecule has 1 aromatic carbocycles. The van der Waals surface area contributed by atoms with Crippen LogP contribution >= 0.6 is 0 Å². The van der Waals surface area contributed by atoms with Gasteiger partial charge in [-0.05, 0) is 18.3 Å². The zero-order chi connectivity index (χ0) is 16.5. The van der Waals surface area contributed by atoms with E-state index >= 15 is 0 Å². The van der Waals surface area contributed by atoms with Crippen molar-refractivity contribution in [3.05, 3.63) is 60.7 Å². The van der Waals surface area contributed by atoms with E-state index in [1.165, 1.54) is 0 Å². The first-order chi connectivity index (χ1) is 11.7. The van der Waals surface area contributed by atoms with E-state index in [4.69, 9.17) is 4.98 Å². The maximum Gasteiger partial charge on any atom is 0.0967 e. The SMILES string of the molecule is C=NCc1ccc(-c2nc(-c3cnn(C)c3)cn3nccc23)cc1. The highest BCUT2D eigenvalue weighted by molar-refractivity contribution is 5.78. The van der Waals surface area contributed by atoms with Crippen LogP contribution in [-0.2, 0) is 13.6 Å². The first-order valence-corrected chi connectivity index (χ1v) is 7.60. The van der Waals surface area contributed by atoms with E-state index in [2.05, 4.69) is 46.2 Å². The summed E-state index contributed by atoms with van der Waals surface area (Å²) in [5, 5.41) is 8.60. The van der Waals surface area contributed by atoms with Crippen LogP contribution in [0.3, 0.4) is 0 Å². The molecule has 24 heavy (non-hydrogen) atoms. The Labute approximate surface area is 139 Å². The smallest absolute Gasteiger partial charge is 0.0967 e. The summed E-state index contributed by atoms with van der Waals surface area (Å²) in [6, 6.07) is 10.2. The highest BCUT2D eigenvalue weighted by Gasteiger charge is 2.11. The van der Waals surface area contributed by atoms with Crippen LogP contribution in [0, 0.1) is 0 Å². The van der Waals surface area contributed by atoms with Gasteiger partial charge in [-0.25, -0.2) is 9.50 Å². The van der Waals surface area contributed by atoms with Gasteiger partial charge >= 0.3 is 0 Å². The summed E-state index contributed by atoms with van der Waals surface area (Å²) < 4.78 is 3.62. The Morgan fingerprint density at radius 1 is 1.04 bits per heavy atom. The van der Waals surface area contributed by atoms with Gasteiger partial charge in [0.15, 0.2) is 0 Å². The van der Waals surface area contributed by atoms with E-state index in [0.717, 1.165) is 33.6 Å². The van der Waals surface area contributed by atoms with E-state index in [-0.39, 0.29) is 0 Å². The molecule has 0 bridgehead atoms. The lowest BCUT2D eigenvalue weighted by Crippen LogP contribution is -1.96. The molecule has 4 aromatic rings. The number of aromatic nitrogens is 5. The molecular weight excluding hydrogens is 300 g/mol. The molecule has 0 saturated heterocycles. The summed E-state index contributed by atoms with van der Waals surface area (Å²) in [5.41, 5.74) is 5.83. The fraction of sp³-hybridized carbons (Fsp3) is 0.111. The van der Waals surface area contributed by atoms with Gasteiger partial charge in [0, 0.05) is 24.4 Å². The van der Waals surface area contributed by atoms with Crippen LogP contribution in [0.15, 0.2) is 60.1 Å². The predicted octanol–water partition coefficient (Wildman–Crippen LogP) is 3.00. The highest BCUT2D eigenvalue weighted by atomic mass is 15.2. The molecule has 4 rings (SSSR count). The lowest BCUT2D eigenvalue weighted by atomic mass is 10.1. The van der Waals surface area contributed by atoms with E-state index < -0.39 is 0 Å². The first-order valence-electron chi connectivity index (χ1n) is 7.60. The van der Waals surface area contributed by atoms with Gasteiger partial charge in [0.25, 0.3) is 0 Å². The Kier molecular flexibility index (Phi) is 3.42. The molecule has 0 aliphatic carbocycles. The number of hydrogen-bond donors (Lipinski definition) is 0. The van der Waals surface area contributed by atoms with Gasteiger partial charge in [-0.3, -0.25) is 9.67 Å². The molecule has 0 radical (unpaired) electrons. The Hall–Kier alpha value is -3.28. The number of aryl methyl sites for hydroxylation is 1. The Bertz CT molecular complexity index is 1010. The third kappa shape index (κ3) is 2.48. The minimum absolute atomic E-state index is 0.617. The standard InChI is InChI=1S/C18H16N6/c1-19-9-13-3-5-14(6-4-13)18-17-7-8-20-24(17)12-16(22-18)15-10-21-23(2)11-15/h3-8,10-12H,1,9H2,2H3. The summed E-state index contributed by atoms with van der Waals surface area (Å²) >= 11 is 0. The van der Waals surface area contributed by atoms with Crippen LogP contribution in [0.25, 0.3) is 28.0 Å². The number of nitrogens with zero attached hydrogens (tertiary/aromatic N) is 6. The van der Waals surface area contributed by atoms with Gasteiger partial charge < -0.3 is 0 Å². The zero-order valence-corrected chi connectivity index (χ0v) is 13.3. The minimum atomic E-state index is 0.617. The molecule has 0 amide bonds. The zero-order valence-electron chi connectivity index (χ0n) is 13.3. The fourth-order valence-corrected chi connectivity index (χ4v) is 2.73. The first kappa shape index (κ1) is 14.3. The van der Waals surface area contributed by atoms with Crippen LogP contribution in [-0.4, -0.2) is 31.1 Å². The van der Waals surface area contributed by atoms with E-state index in [1.54, 1.807) is 17.1 Å². The number of benzene rings is 1. The van der Waals surface area contributed by atoms with Crippen molar-refractivity contribution in [2.75, 3.05) is 0 Å². The number of fused-ring (bicyclic) bond motifs is 1. The van der Waals surface area contributed by atoms with Crippen LogP contribution in [0.2, 0.25) is 0 Å². The van der Waals surface area contributed by atoms with Crippen molar-refractivity contribution >= 4 is 12.2 Å². The normalized spacial score (nSPS) is 11.0. The molecule has 0 fully saturated rings. The molecule has 3 aromatic heterocycles. The largest absolute Gasteiger partial charge is 0.296 e. The summed E-state index contributed by atoms with van der Waals surface area (Å²) in [6.07, 6.45) is 7.45. The molecule has 0 spiro atoms. The second-order valence-electron chi connectivity index (χ2n) is 5.62. The summed E-state index contributed by atoms with van der Waals surface area (Å²) in [4.78, 5) is 8.77. The van der Waals surface area contributed by atoms with Gasteiger partial charge in [0.2, 0.25) is 0 Å². The summed E-state index contributed by atoms with van der Waals surface area (Å²) in [6.45, 7) is 4.15. The molecule has 6 heteroatoms. The van der Waals surface area contributed by atoms with Crippen molar-refractivity contribution in [3.8, 4) is 22.5 Å². The Morgan fingerprint density at radius 2 is 1.88 bits per heavy atom. The maximum absolute atomic E-state index is 4.85. The molecule has 118 valence electrons. The van der Waals surface area contributed by atoms with Crippen LogP contribution < -0.4 is 0 Å². The highest BCUT2D eigenvalue weighted by Crippen LogP contribution is 2.26. The average Bonchev–Trinajstić information content (AvgIpc) is 3.23. The van der Waals surface area contributed by atoms with Gasteiger partial charge in [0.1, 0.15) is 0 Å². The number of hydrogen-bond acceptors (Lipinski definition) is 4. The Morgan fingerprint density at radius 3 is 2.58 bits per heavy atom. The molecule has 0 saturated carbocycles. The van der Waals surface area contributed by atoms with Gasteiger partial charge in [-0.1, -0.05) is 24.3 Å². The topological polar surface area (TPSA) is 60.4 Å². The third-order valence-electron chi connectivity index (χ3n) is 3.91. The predicted molar refractivity (Wildman–Crippen MR) is 93.9 cm³/mol. The van der Waals surface area contributed by atoms with E-state index in [9.17, 15) is 0 Å². The second-order valence-corrected chi connectivity index (χ2v) is 5.62. The van der Waals surface area contributed by atoms with Crippen molar-refractivity contribution in [1.82, 2.24) is 24.4 Å². The van der Waals surface area contributed by atoms with Crippen molar-refractivity contribution in [3.63, 3.8) is 0 Å². The molecule has 0 N–H and O–H groups in total. The molecule has 3 heterocycles. The number of rotatable bonds is 4. The van der Waals surface area contributed by atoms with E-state index in [1.807, 2.05) is 30.0 Å². The Balaban J connectivity index is 1.87. The third-order valence-corrected chi connectivity index (χ3v) is 3.91. The lowest BCUT2D eigenvalue weighted by molar-refractivity contribution is 0.768. The van der Waals surface area contributed by atoms with Crippen molar-refractivity contribution in [1.29, 1.82) is 0 Å². The molecule has 0 atom stereocenters. The van der Waals surface area contributed by atoms with Crippen LogP contribution in [0.1, 0.15) is 5.56 Å². The van der Waals surface area contributed by atoms with Crippen molar-refractivity contribution < 1.29 is 0 Å². The fourth-order valence-electron chi connectivity index (χ4n) is 2.73. The molecule has 0 unspecified atom stereocenters. The molecule has 0 aliphatic rings. The summed E-state index contributed by atoms with van der Waals surface area (Å²) in [7, 11) is 1.89. The van der Waals surface area contributed by atoms with Gasteiger partial charge in [-0.2, -0.15) is 10.2 Å². The average molecular weight is 316 g/mol. The lowest BCUT2D eigenvalue weighted by Gasteiger charge is -2.07. The maximum atomic E-state index is 4.85. The van der Waals surface area contributed by atoms with Crippen LogP contribution in [0.5, 0.6) is 0 Å². The molecule has 0 aliphatic heterocycles. The second kappa shape index (κ2) is 5.73. The van der Waals surface area contributed by atoms with Crippen LogP contribution in [0.4, 0.5) is 0 Å². The minimum Gasteiger partial charge on any atom is -0.296 e. The van der Waals surface area contributed by atoms with Crippen molar-refractivity contribution in [2.24, 2.45) is 12.0 Å². The number of aliphatic imine (C=N–C) groups is 1. The molecular formula is C18H16N6. The van der Waals surface area contributed by atoms with E-state index in [0.29, 0.717) is 6.54 Å². The molecule has 6 nitrogen and oxygen atoms in total. The van der Waals surface area contributed by atoms with Gasteiger partial charge in [-0.15, -0.1) is 0 Å². The monoisotopic (exact) mass is 316 g/mol.